The number of nitrogens with zero attached hydrogens (tertiary/aromatic N) is 2. The van der Waals surface area contributed by atoms with Crippen LogP contribution >= 0.6 is 0 Å². The molecular weight excluding hydrogens is 484 g/mol. The van der Waals surface area contributed by atoms with Crippen LogP contribution in [0.4, 0.5) is 0 Å². The molecule has 1 amide bonds. The van der Waals surface area contributed by atoms with Gasteiger partial charge in [-0.15, -0.1) is 0 Å². The molecule has 8 nitrogen and oxygen atoms in total. The minimum Gasteiger partial charge on any atom is -0.493 e. The number of hydrogen-bond acceptors (Lipinski definition) is 6. The highest BCUT2D eigenvalue weighted by Crippen LogP contribution is 2.48. The first-order valence-electron chi connectivity index (χ1n) is 14.4. The largest absolute Gasteiger partial charge is 0.493 e. The zero-order chi connectivity index (χ0) is 27.9. The van der Waals surface area contributed by atoms with Crippen molar-refractivity contribution in [3.05, 3.63) is 17.7 Å². The molecule has 1 N–H and O–H groups in total. The molecule has 0 radical (unpaired) electrons. The van der Waals surface area contributed by atoms with Gasteiger partial charge in [-0.05, 0) is 48.8 Å². The number of likely N-dealkylation sites (tertiary alicyclic amines) is 1. The Hall–Kier alpha value is -2.48. The fraction of sp³-hybridized carbons (Fsp3) is 0.733. The molecule has 2 aliphatic rings. The normalized spacial score (nSPS) is 21.1. The van der Waals surface area contributed by atoms with Crippen molar-refractivity contribution in [3.63, 3.8) is 0 Å². The highest BCUT2D eigenvalue weighted by atomic mass is 16.7. The number of carbonyl (C=O) groups is 2. The van der Waals surface area contributed by atoms with Crippen LogP contribution in [0, 0.1) is 11.3 Å². The van der Waals surface area contributed by atoms with E-state index in [0.717, 1.165) is 57.2 Å². The summed E-state index contributed by atoms with van der Waals surface area (Å²) in [5.41, 5.74) is 0.806. The predicted molar refractivity (Wildman–Crippen MR) is 148 cm³/mol. The van der Waals surface area contributed by atoms with Crippen LogP contribution in [-0.2, 0) is 9.59 Å². The number of fused-ring (bicyclic) bond motifs is 1. The number of benzene rings is 1. The molecule has 0 aromatic heterocycles. The Morgan fingerprint density at radius 2 is 1.79 bits per heavy atom. The smallest absolute Gasteiger partial charge is 0.308 e. The summed E-state index contributed by atoms with van der Waals surface area (Å²) in [6, 6.07) is 3.51. The number of amides is 1. The van der Waals surface area contributed by atoms with E-state index in [2.05, 4.69) is 39.5 Å². The van der Waals surface area contributed by atoms with E-state index in [1.54, 1.807) is 7.11 Å². The summed E-state index contributed by atoms with van der Waals surface area (Å²) < 4.78 is 16.8. The van der Waals surface area contributed by atoms with Crippen LogP contribution in [0.2, 0.25) is 0 Å². The second-order valence-electron chi connectivity index (χ2n) is 11.6. The van der Waals surface area contributed by atoms with E-state index in [4.69, 9.17) is 14.2 Å². The van der Waals surface area contributed by atoms with E-state index in [1.165, 1.54) is 0 Å². The first-order valence-corrected chi connectivity index (χ1v) is 14.4. The Balaban J connectivity index is 1.96. The molecule has 0 aliphatic carbocycles. The molecule has 38 heavy (non-hydrogen) atoms. The summed E-state index contributed by atoms with van der Waals surface area (Å²) >= 11 is 0. The molecule has 3 rings (SSSR count). The van der Waals surface area contributed by atoms with Gasteiger partial charge in [-0.3, -0.25) is 14.5 Å². The van der Waals surface area contributed by atoms with Crippen molar-refractivity contribution in [1.29, 1.82) is 0 Å². The number of unbranched alkanes of at least 4 members (excludes halogenated alkanes) is 2. The third-order valence-electron chi connectivity index (χ3n) is 8.08. The maximum atomic E-state index is 13.6. The average Bonchev–Trinajstić information content (AvgIpc) is 3.48. The van der Waals surface area contributed by atoms with Crippen LogP contribution in [0.5, 0.6) is 17.2 Å². The number of carboxylic acids is 1. The van der Waals surface area contributed by atoms with Crippen molar-refractivity contribution in [1.82, 2.24) is 9.80 Å². The van der Waals surface area contributed by atoms with E-state index < -0.39 is 11.9 Å². The fourth-order valence-corrected chi connectivity index (χ4v) is 6.13. The molecule has 1 saturated heterocycles. The zero-order valence-electron chi connectivity index (χ0n) is 24.3. The summed E-state index contributed by atoms with van der Waals surface area (Å²) in [6.07, 6.45) is 6.75. The van der Waals surface area contributed by atoms with Crippen molar-refractivity contribution < 1.29 is 28.9 Å². The summed E-state index contributed by atoms with van der Waals surface area (Å²) in [5, 5.41) is 10.5. The number of carboxylic acid groups (broad SMARTS) is 1. The highest BCUT2D eigenvalue weighted by molar-refractivity contribution is 5.79. The molecule has 2 heterocycles. The Morgan fingerprint density at radius 3 is 2.37 bits per heavy atom. The number of carbonyl (C=O) groups excluding carboxylic acids is 1. The number of hydrogen-bond donors (Lipinski definition) is 1. The summed E-state index contributed by atoms with van der Waals surface area (Å²) in [5.74, 6) is -0.00940. The Morgan fingerprint density at radius 1 is 1.11 bits per heavy atom. The quantitative estimate of drug-likeness (QED) is 0.317. The monoisotopic (exact) mass is 532 g/mol. The van der Waals surface area contributed by atoms with Gasteiger partial charge in [-0.2, -0.15) is 0 Å². The molecule has 2 aliphatic heterocycles. The van der Waals surface area contributed by atoms with Gasteiger partial charge >= 0.3 is 5.97 Å². The SMILES string of the molecule is CCCCN(CCCC)C(=O)CN1C[C@H](c2cc(OC)c3c(c2)OCO3)C(C(=O)O)[C@@H]1CC(C)(C)CCC. The van der Waals surface area contributed by atoms with Crippen LogP contribution in [0.1, 0.15) is 91.0 Å². The molecule has 214 valence electrons. The van der Waals surface area contributed by atoms with Crippen molar-refractivity contribution in [2.45, 2.75) is 91.5 Å². The van der Waals surface area contributed by atoms with Gasteiger partial charge in [0.2, 0.25) is 18.4 Å². The average molecular weight is 533 g/mol. The Bertz CT molecular complexity index is 941. The van der Waals surface area contributed by atoms with Gasteiger partial charge in [0.05, 0.1) is 19.6 Å². The van der Waals surface area contributed by atoms with Crippen LogP contribution in [0.25, 0.3) is 0 Å². The molecule has 8 heteroatoms. The van der Waals surface area contributed by atoms with Crippen molar-refractivity contribution in [3.8, 4) is 17.2 Å². The Kier molecular flexibility index (Phi) is 10.7. The van der Waals surface area contributed by atoms with Crippen LogP contribution < -0.4 is 14.2 Å². The molecule has 1 fully saturated rings. The van der Waals surface area contributed by atoms with Gasteiger partial charge in [0.15, 0.2) is 11.5 Å². The van der Waals surface area contributed by atoms with Crippen LogP contribution in [0.3, 0.4) is 0 Å². The van der Waals surface area contributed by atoms with E-state index in [1.807, 2.05) is 17.0 Å². The van der Waals surface area contributed by atoms with Gasteiger partial charge in [0.25, 0.3) is 0 Å². The summed E-state index contributed by atoms with van der Waals surface area (Å²) in [6.45, 7) is 13.2. The topological polar surface area (TPSA) is 88.5 Å². The van der Waals surface area contributed by atoms with E-state index in [0.29, 0.717) is 30.2 Å². The van der Waals surface area contributed by atoms with Crippen LogP contribution in [0.15, 0.2) is 12.1 Å². The maximum Gasteiger partial charge on any atom is 0.308 e. The molecule has 0 saturated carbocycles. The van der Waals surface area contributed by atoms with Gasteiger partial charge in [-0.25, -0.2) is 0 Å². The summed E-state index contributed by atoms with van der Waals surface area (Å²) in [4.78, 5) is 30.6. The molecular formula is C30H48N2O6. The lowest BCUT2D eigenvalue weighted by Gasteiger charge is -2.35. The van der Waals surface area contributed by atoms with Crippen molar-refractivity contribution >= 4 is 11.9 Å². The zero-order valence-corrected chi connectivity index (χ0v) is 24.3. The Labute approximate surface area is 228 Å². The van der Waals surface area contributed by atoms with E-state index >= 15 is 0 Å². The first kappa shape index (κ1) is 30.1. The number of aliphatic carboxylic acids is 1. The van der Waals surface area contributed by atoms with Crippen LogP contribution in [-0.4, -0.2) is 72.9 Å². The highest BCUT2D eigenvalue weighted by Gasteiger charge is 2.49. The third-order valence-corrected chi connectivity index (χ3v) is 8.08. The number of rotatable bonds is 15. The minimum atomic E-state index is -0.826. The molecule has 0 bridgehead atoms. The van der Waals surface area contributed by atoms with Gasteiger partial charge in [0.1, 0.15) is 0 Å². The standard InChI is InChI=1S/C30H48N2O6/c1-7-10-13-31(14-11-8-2)26(33)19-32-18-22(21-15-24(36-6)28-25(16-21)37-20-38-28)27(29(34)35)23(32)17-30(4,5)12-9-3/h15-16,22-23,27H,7-14,17-20H2,1-6H3,(H,34,35)/t22-,23+,27?/m1/s1. The lowest BCUT2D eigenvalue weighted by Crippen LogP contribution is -2.46. The number of ether oxygens (including phenoxy) is 3. The van der Waals surface area contributed by atoms with E-state index in [-0.39, 0.29) is 36.6 Å². The molecule has 1 aromatic carbocycles. The second-order valence-corrected chi connectivity index (χ2v) is 11.6. The second kappa shape index (κ2) is 13.5. The van der Waals surface area contributed by atoms with E-state index in [9.17, 15) is 14.7 Å². The van der Waals surface area contributed by atoms with Crippen molar-refractivity contribution in [2.75, 3.05) is 40.1 Å². The van der Waals surface area contributed by atoms with Crippen molar-refractivity contribution in [2.24, 2.45) is 11.3 Å². The predicted octanol–water partition coefficient (Wildman–Crippen LogP) is 5.54. The molecule has 3 atom stereocenters. The third kappa shape index (κ3) is 7.13. The maximum absolute atomic E-state index is 13.6. The molecule has 0 spiro atoms. The van der Waals surface area contributed by atoms with Gasteiger partial charge in [0, 0.05) is 31.6 Å². The minimum absolute atomic E-state index is 0.0417. The first-order chi connectivity index (χ1) is 18.1. The molecule has 1 unspecified atom stereocenters. The lowest BCUT2D eigenvalue weighted by molar-refractivity contribution is -0.144. The lowest BCUT2D eigenvalue weighted by atomic mass is 9.76. The number of methoxy groups -OCH3 is 1. The summed E-state index contributed by atoms with van der Waals surface area (Å²) in [7, 11) is 1.58. The van der Waals surface area contributed by atoms with Gasteiger partial charge < -0.3 is 24.2 Å². The van der Waals surface area contributed by atoms with Gasteiger partial charge in [-0.1, -0.05) is 53.9 Å². The fourth-order valence-electron chi connectivity index (χ4n) is 6.13. The molecule has 1 aromatic rings.